The van der Waals surface area contributed by atoms with Crippen LogP contribution < -0.4 is 17.0 Å². The van der Waals surface area contributed by atoms with Gasteiger partial charge in [0.25, 0.3) is 5.56 Å². The third kappa shape index (κ3) is 4.99. The van der Waals surface area contributed by atoms with Crippen molar-refractivity contribution in [2.24, 2.45) is 5.73 Å². The van der Waals surface area contributed by atoms with Gasteiger partial charge >= 0.3 is 5.69 Å². The first-order chi connectivity index (χ1) is 16.3. The Kier molecular flexibility index (Phi) is 7.60. The Morgan fingerprint density at radius 3 is 2.38 bits per heavy atom. The largest absolute Gasteiger partial charge is 0.387 e. The zero-order valence-corrected chi connectivity index (χ0v) is 18.2. The van der Waals surface area contributed by atoms with Crippen molar-refractivity contribution in [1.82, 2.24) is 9.55 Å². The molecule has 9 atom stereocenters. The maximum atomic E-state index is 12.2. The van der Waals surface area contributed by atoms with Crippen molar-refractivity contribution in [3.05, 3.63) is 69.0 Å². The molecule has 2 saturated heterocycles. The molecule has 2 aliphatic rings. The maximum Gasteiger partial charge on any atom is 0.330 e. The van der Waals surface area contributed by atoms with E-state index in [4.69, 9.17) is 19.9 Å². The van der Waals surface area contributed by atoms with E-state index < -0.39 is 66.5 Å². The molecule has 186 valence electrons. The summed E-state index contributed by atoms with van der Waals surface area (Å²) in [5.74, 6) is 0. The van der Waals surface area contributed by atoms with E-state index in [1.54, 1.807) is 0 Å². The van der Waals surface area contributed by atoms with Crippen molar-refractivity contribution in [3.63, 3.8) is 0 Å². The molecule has 2 fully saturated rings. The van der Waals surface area contributed by atoms with Gasteiger partial charge in [0.1, 0.15) is 36.6 Å². The van der Waals surface area contributed by atoms with Gasteiger partial charge in [-0.2, -0.15) is 0 Å². The molecule has 34 heavy (non-hydrogen) atoms. The monoisotopic (exact) mass is 479 g/mol. The molecule has 12 nitrogen and oxygen atoms in total. The lowest BCUT2D eigenvalue weighted by Crippen LogP contribution is -2.44. The van der Waals surface area contributed by atoms with Gasteiger partial charge in [-0.05, 0) is 18.4 Å². The molecule has 0 radical (unpaired) electrons. The molecular weight excluding hydrogens is 450 g/mol. The first kappa shape index (κ1) is 24.7. The lowest BCUT2D eigenvalue weighted by atomic mass is 9.99. The molecule has 1 aromatic carbocycles. The number of hydrogen-bond donors (Lipinski definition) is 6. The molecule has 0 aliphatic carbocycles. The Bertz CT molecular complexity index is 1060. The molecule has 4 rings (SSSR count). The standard InChI is InChI=1S/C22H29N3O9/c23-10-13-15(27)18(30)21(33-13)32-12(7-6-11-4-2-1-3-5-11)19-16(28)17(29)20(34-19)25-9-8-14(26)24-22(25)31/h1-5,8-9,12-13,15-21,27-30H,6-7,10,23H2,(H,24,26,31)/t12-,13+,15+,16-,17+,18+,19+,20+,21+/m0/s1. The van der Waals surface area contributed by atoms with E-state index >= 15 is 0 Å². The maximum absolute atomic E-state index is 12.2. The zero-order chi connectivity index (χ0) is 24.4. The average molecular weight is 479 g/mol. The van der Waals surface area contributed by atoms with Crippen LogP contribution in [-0.2, 0) is 20.6 Å². The lowest BCUT2D eigenvalue weighted by molar-refractivity contribution is -0.221. The average Bonchev–Trinajstić information content (AvgIpc) is 3.27. The minimum Gasteiger partial charge on any atom is -0.387 e. The summed E-state index contributed by atoms with van der Waals surface area (Å²) < 4.78 is 18.3. The number of aromatic nitrogens is 2. The summed E-state index contributed by atoms with van der Waals surface area (Å²) in [4.78, 5) is 25.7. The number of hydrogen-bond acceptors (Lipinski definition) is 10. The summed E-state index contributed by atoms with van der Waals surface area (Å²) in [6.45, 7) is -0.0365. The number of rotatable bonds is 8. The van der Waals surface area contributed by atoms with E-state index in [1.165, 1.54) is 0 Å². The topological polar surface area (TPSA) is 189 Å². The van der Waals surface area contributed by atoms with Crippen LogP contribution in [0.3, 0.4) is 0 Å². The Morgan fingerprint density at radius 1 is 1.00 bits per heavy atom. The normalized spacial score (nSPS) is 34.4. The summed E-state index contributed by atoms with van der Waals surface area (Å²) in [6.07, 6.45) is -9.03. The van der Waals surface area contributed by atoms with E-state index in [-0.39, 0.29) is 6.54 Å². The Balaban J connectivity index is 1.57. The van der Waals surface area contributed by atoms with Gasteiger partial charge in [0.2, 0.25) is 0 Å². The van der Waals surface area contributed by atoms with E-state index in [1.807, 2.05) is 30.3 Å². The van der Waals surface area contributed by atoms with Gasteiger partial charge in [0.15, 0.2) is 12.5 Å². The van der Waals surface area contributed by atoms with Crippen LogP contribution in [0.2, 0.25) is 0 Å². The fourth-order valence-corrected chi connectivity index (χ4v) is 4.31. The van der Waals surface area contributed by atoms with Crippen LogP contribution in [0, 0.1) is 0 Å². The van der Waals surface area contributed by atoms with Gasteiger partial charge in [0.05, 0.1) is 6.10 Å². The highest BCUT2D eigenvalue weighted by Gasteiger charge is 2.50. The first-order valence-electron chi connectivity index (χ1n) is 11.0. The van der Waals surface area contributed by atoms with Gasteiger partial charge in [-0.15, -0.1) is 0 Å². The van der Waals surface area contributed by atoms with Crippen LogP contribution >= 0.6 is 0 Å². The molecule has 3 heterocycles. The number of ether oxygens (including phenoxy) is 3. The molecular formula is C22H29N3O9. The Hall–Kier alpha value is -2.42. The summed E-state index contributed by atoms with van der Waals surface area (Å²) in [5, 5.41) is 41.9. The number of aliphatic hydroxyl groups excluding tert-OH is 4. The third-order valence-electron chi connectivity index (χ3n) is 6.19. The molecule has 2 aromatic rings. The Labute approximate surface area is 194 Å². The third-order valence-corrected chi connectivity index (χ3v) is 6.19. The van der Waals surface area contributed by atoms with Crippen molar-refractivity contribution < 1.29 is 34.6 Å². The molecule has 0 unspecified atom stereocenters. The van der Waals surface area contributed by atoms with E-state index in [2.05, 4.69) is 4.98 Å². The van der Waals surface area contributed by atoms with E-state index in [0.717, 1.165) is 22.4 Å². The molecule has 1 aromatic heterocycles. The predicted octanol–water partition coefficient (Wildman–Crippen LogP) is -2.42. The van der Waals surface area contributed by atoms with Crippen LogP contribution in [0.5, 0.6) is 0 Å². The summed E-state index contributed by atoms with van der Waals surface area (Å²) >= 11 is 0. The summed E-state index contributed by atoms with van der Waals surface area (Å²) in [6, 6.07) is 10.5. The number of aromatic amines is 1. The summed E-state index contributed by atoms with van der Waals surface area (Å²) in [7, 11) is 0. The molecule has 0 bridgehead atoms. The smallest absolute Gasteiger partial charge is 0.330 e. The second kappa shape index (κ2) is 10.5. The van der Waals surface area contributed by atoms with Crippen LogP contribution in [-0.4, -0.2) is 85.5 Å². The van der Waals surface area contributed by atoms with Gasteiger partial charge in [-0.25, -0.2) is 4.79 Å². The molecule has 2 aliphatic heterocycles. The van der Waals surface area contributed by atoms with Crippen molar-refractivity contribution in [2.75, 3.05) is 6.54 Å². The first-order valence-corrected chi connectivity index (χ1v) is 11.0. The fourth-order valence-electron chi connectivity index (χ4n) is 4.31. The van der Waals surface area contributed by atoms with Crippen LogP contribution in [0.25, 0.3) is 0 Å². The number of nitrogens with zero attached hydrogens (tertiary/aromatic N) is 1. The van der Waals surface area contributed by atoms with E-state index in [9.17, 15) is 30.0 Å². The lowest BCUT2D eigenvalue weighted by Gasteiger charge is -2.29. The molecule has 7 N–H and O–H groups in total. The van der Waals surface area contributed by atoms with Crippen LogP contribution in [0.1, 0.15) is 18.2 Å². The van der Waals surface area contributed by atoms with Crippen LogP contribution in [0.4, 0.5) is 0 Å². The molecule has 12 heteroatoms. The second-order valence-corrected chi connectivity index (χ2v) is 8.45. The molecule has 0 saturated carbocycles. The Morgan fingerprint density at radius 2 is 1.74 bits per heavy atom. The fraction of sp³-hybridized carbons (Fsp3) is 0.545. The summed E-state index contributed by atoms with van der Waals surface area (Å²) in [5.41, 5.74) is 5.13. The number of aryl methyl sites for hydroxylation is 1. The van der Waals surface area contributed by atoms with Crippen molar-refractivity contribution in [2.45, 2.75) is 68.1 Å². The zero-order valence-electron chi connectivity index (χ0n) is 18.2. The highest BCUT2D eigenvalue weighted by atomic mass is 16.7. The van der Waals surface area contributed by atoms with Crippen molar-refractivity contribution in [1.29, 1.82) is 0 Å². The SMILES string of the molecule is NC[C@H]1O[C@@H](O[C@@H](CCc2ccccc2)[C@H]2O[C@@H](n3ccc(=O)[nH]c3=O)[C@H](O)[C@@H]2O)[C@H](O)[C@@H]1O. The second-order valence-electron chi connectivity index (χ2n) is 8.45. The predicted molar refractivity (Wildman–Crippen MR) is 117 cm³/mol. The number of aliphatic hydroxyl groups is 4. The van der Waals surface area contributed by atoms with Gasteiger partial charge in [-0.1, -0.05) is 30.3 Å². The van der Waals surface area contributed by atoms with Crippen molar-refractivity contribution >= 4 is 0 Å². The number of nitrogens with one attached hydrogen (secondary N) is 1. The highest BCUT2D eigenvalue weighted by molar-refractivity contribution is 5.15. The molecule has 0 amide bonds. The number of benzene rings is 1. The van der Waals surface area contributed by atoms with Gasteiger partial charge in [0, 0.05) is 18.8 Å². The van der Waals surface area contributed by atoms with Gasteiger partial charge in [-0.3, -0.25) is 14.3 Å². The molecule has 0 spiro atoms. The number of H-pyrrole nitrogens is 1. The highest BCUT2D eigenvalue weighted by Crippen LogP contribution is 2.34. The minimum atomic E-state index is -1.51. The van der Waals surface area contributed by atoms with Gasteiger partial charge < -0.3 is 40.4 Å². The van der Waals surface area contributed by atoms with Crippen LogP contribution in [0.15, 0.2) is 52.2 Å². The minimum absolute atomic E-state index is 0.0365. The number of nitrogens with two attached hydrogens (primary N) is 1. The van der Waals surface area contributed by atoms with Crippen molar-refractivity contribution in [3.8, 4) is 0 Å². The van der Waals surface area contributed by atoms with E-state index in [0.29, 0.717) is 12.8 Å². The quantitative estimate of drug-likeness (QED) is 0.238.